The Morgan fingerprint density at radius 2 is 1.80 bits per heavy atom. The molecular weight excluding hydrogens is 272 g/mol. The van der Waals surface area contributed by atoms with Gasteiger partial charge in [-0.2, -0.15) is 8.42 Å². The molecule has 0 fully saturated rings. The van der Waals surface area contributed by atoms with Crippen LogP contribution in [0.2, 0.25) is 0 Å². The Morgan fingerprint density at radius 1 is 1.20 bits per heavy atom. The van der Waals surface area contributed by atoms with Crippen molar-refractivity contribution in [2.24, 2.45) is 5.92 Å². The number of unbranched alkanes of at least 4 members (excludes halogenated alkanes) is 5. The Labute approximate surface area is 123 Å². The Balaban J connectivity index is 2.52. The second kappa shape index (κ2) is 7.41. The van der Waals surface area contributed by atoms with Gasteiger partial charge in [-0.25, -0.2) is 0 Å². The Morgan fingerprint density at radius 3 is 2.40 bits per heavy atom. The van der Waals surface area contributed by atoms with Gasteiger partial charge in [0.1, 0.15) is 4.75 Å². The van der Waals surface area contributed by atoms with Crippen molar-refractivity contribution in [2.45, 2.75) is 70.5 Å². The lowest BCUT2D eigenvalue weighted by Crippen LogP contribution is -2.41. The number of rotatable bonds is 8. The summed E-state index contributed by atoms with van der Waals surface area (Å²) in [6.07, 6.45) is 13.6. The van der Waals surface area contributed by atoms with Gasteiger partial charge in [0.05, 0.1) is 0 Å². The number of hydrogen-bond donors (Lipinski definition) is 1. The summed E-state index contributed by atoms with van der Waals surface area (Å²) < 4.78 is 31.4. The second-order valence-corrected chi connectivity index (χ2v) is 7.83. The van der Waals surface area contributed by atoms with E-state index in [1.807, 2.05) is 13.0 Å². The Hall–Kier alpha value is -0.610. The third-order valence-electron chi connectivity index (χ3n) is 4.53. The first-order valence-corrected chi connectivity index (χ1v) is 9.12. The van der Waals surface area contributed by atoms with E-state index in [1.165, 1.54) is 32.1 Å². The second-order valence-electron chi connectivity index (χ2n) is 6.00. The summed E-state index contributed by atoms with van der Waals surface area (Å²) in [4.78, 5) is 0. The molecule has 0 bridgehead atoms. The van der Waals surface area contributed by atoms with Crippen LogP contribution in [0.25, 0.3) is 0 Å². The summed E-state index contributed by atoms with van der Waals surface area (Å²) in [5.41, 5.74) is 1.13. The SMILES string of the molecule is CCCCCCCCC1=CC=CC(C)(S(=O)(=O)O)C1C. The Kier molecular flexibility index (Phi) is 6.46. The van der Waals surface area contributed by atoms with Crippen LogP contribution in [0.5, 0.6) is 0 Å². The minimum absolute atomic E-state index is 0.168. The third kappa shape index (κ3) is 4.19. The maximum absolute atomic E-state index is 11.6. The predicted molar refractivity (Wildman–Crippen MR) is 84.3 cm³/mol. The van der Waals surface area contributed by atoms with Gasteiger partial charge in [0, 0.05) is 5.92 Å². The maximum atomic E-state index is 11.6. The highest BCUT2D eigenvalue weighted by molar-refractivity contribution is 7.87. The fourth-order valence-corrected chi connectivity index (χ4v) is 3.59. The molecule has 4 heteroatoms. The van der Waals surface area contributed by atoms with Crippen LogP contribution in [-0.4, -0.2) is 17.7 Å². The van der Waals surface area contributed by atoms with Gasteiger partial charge < -0.3 is 0 Å². The van der Waals surface area contributed by atoms with Crippen molar-refractivity contribution in [2.75, 3.05) is 0 Å². The van der Waals surface area contributed by atoms with Crippen molar-refractivity contribution in [3.8, 4) is 0 Å². The lowest BCUT2D eigenvalue weighted by atomic mass is 9.81. The highest BCUT2D eigenvalue weighted by Crippen LogP contribution is 2.37. The summed E-state index contributed by atoms with van der Waals surface area (Å²) in [6.45, 7) is 5.69. The summed E-state index contributed by atoms with van der Waals surface area (Å²) in [5, 5.41) is 0. The first-order chi connectivity index (χ1) is 9.33. The number of allylic oxidation sites excluding steroid dienone is 3. The molecule has 20 heavy (non-hydrogen) atoms. The maximum Gasteiger partial charge on any atom is 0.274 e. The van der Waals surface area contributed by atoms with E-state index in [9.17, 15) is 13.0 Å². The van der Waals surface area contributed by atoms with Crippen LogP contribution in [0.1, 0.15) is 65.7 Å². The minimum Gasteiger partial charge on any atom is -0.285 e. The first kappa shape index (κ1) is 17.4. The third-order valence-corrected chi connectivity index (χ3v) is 6.13. The molecule has 0 aliphatic heterocycles. The van der Waals surface area contributed by atoms with Crippen molar-refractivity contribution in [3.05, 3.63) is 23.8 Å². The van der Waals surface area contributed by atoms with Gasteiger partial charge in [0.25, 0.3) is 10.1 Å². The standard InChI is InChI=1S/C16H28O3S/c1-4-5-6-7-8-9-11-15-12-10-13-16(3,14(15)2)20(17,18)19/h10,12-14H,4-9,11H2,1-3H3,(H,17,18,19). The quantitative estimate of drug-likeness (QED) is 0.530. The molecule has 0 aromatic heterocycles. The normalized spacial score (nSPS) is 26.6. The van der Waals surface area contributed by atoms with E-state index in [-0.39, 0.29) is 5.92 Å². The van der Waals surface area contributed by atoms with Gasteiger partial charge in [-0.15, -0.1) is 0 Å². The highest BCUT2D eigenvalue weighted by Gasteiger charge is 2.43. The van der Waals surface area contributed by atoms with E-state index in [0.717, 1.165) is 18.4 Å². The molecule has 0 radical (unpaired) electrons. The molecule has 0 saturated heterocycles. The molecule has 1 aliphatic carbocycles. The van der Waals surface area contributed by atoms with Crippen LogP contribution in [0.15, 0.2) is 23.8 Å². The molecular formula is C16H28O3S. The molecule has 2 unspecified atom stereocenters. The molecule has 1 rings (SSSR count). The average Bonchev–Trinajstić information content (AvgIpc) is 2.37. The van der Waals surface area contributed by atoms with Crippen molar-refractivity contribution in [3.63, 3.8) is 0 Å². The molecule has 0 amide bonds. The van der Waals surface area contributed by atoms with Gasteiger partial charge >= 0.3 is 0 Å². The van der Waals surface area contributed by atoms with Crippen molar-refractivity contribution < 1.29 is 13.0 Å². The van der Waals surface area contributed by atoms with Crippen LogP contribution in [0, 0.1) is 5.92 Å². The molecule has 1 N–H and O–H groups in total. The Bertz CT molecular complexity index is 462. The van der Waals surface area contributed by atoms with E-state index >= 15 is 0 Å². The average molecular weight is 300 g/mol. The molecule has 3 nitrogen and oxygen atoms in total. The zero-order chi connectivity index (χ0) is 15.2. The van der Waals surface area contributed by atoms with E-state index in [4.69, 9.17) is 0 Å². The van der Waals surface area contributed by atoms with Gasteiger partial charge in [0.2, 0.25) is 0 Å². The fourth-order valence-electron chi connectivity index (χ4n) is 2.74. The largest absolute Gasteiger partial charge is 0.285 e. The highest BCUT2D eigenvalue weighted by atomic mass is 32.2. The van der Waals surface area contributed by atoms with Crippen molar-refractivity contribution in [1.29, 1.82) is 0 Å². The van der Waals surface area contributed by atoms with Crippen LogP contribution in [0.3, 0.4) is 0 Å². The first-order valence-electron chi connectivity index (χ1n) is 7.68. The summed E-state index contributed by atoms with van der Waals surface area (Å²) in [5.74, 6) is -0.168. The topological polar surface area (TPSA) is 54.4 Å². The lowest BCUT2D eigenvalue weighted by molar-refractivity contribution is 0.414. The van der Waals surface area contributed by atoms with Gasteiger partial charge in [-0.05, 0) is 19.8 Å². The van der Waals surface area contributed by atoms with E-state index < -0.39 is 14.9 Å². The van der Waals surface area contributed by atoms with E-state index in [1.54, 1.807) is 19.1 Å². The summed E-state index contributed by atoms with van der Waals surface area (Å²) in [7, 11) is -4.08. The van der Waals surface area contributed by atoms with Crippen molar-refractivity contribution >= 4 is 10.1 Å². The smallest absolute Gasteiger partial charge is 0.274 e. The molecule has 0 spiro atoms. The van der Waals surface area contributed by atoms with Crippen LogP contribution >= 0.6 is 0 Å². The molecule has 0 saturated carbocycles. The van der Waals surface area contributed by atoms with Gasteiger partial charge in [0.15, 0.2) is 0 Å². The summed E-state index contributed by atoms with van der Waals surface area (Å²) in [6, 6.07) is 0. The number of hydrogen-bond acceptors (Lipinski definition) is 2. The van der Waals surface area contributed by atoms with Crippen LogP contribution in [-0.2, 0) is 10.1 Å². The minimum atomic E-state index is -4.08. The van der Waals surface area contributed by atoms with Gasteiger partial charge in [-0.3, -0.25) is 4.55 Å². The zero-order valence-corrected chi connectivity index (χ0v) is 13.7. The summed E-state index contributed by atoms with van der Waals surface area (Å²) >= 11 is 0. The van der Waals surface area contributed by atoms with E-state index in [0.29, 0.717) is 0 Å². The van der Waals surface area contributed by atoms with E-state index in [2.05, 4.69) is 6.92 Å². The molecule has 1 aliphatic rings. The molecule has 0 aromatic rings. The van der Waals surface area contributed by atoms with Crippen LogP contribution < -0.4 is 0 Å². The molecule has 116 valence electrons. The monoisotopic (exact) mass is 300 g/mol. The molecule has 0 heterocycles. The van der Waals surface area contributed by atoms with Crippen LogP contribution in [0.4, 0.5) is 0 Å². The van der Waals surface area contributed by atoms with Gasteiger partial charge in [-0.1, -0.05) is 69.8 Å². The molecule has 0 aromatic carbocycles. The van der Waals surface area contributed by atoms with Crippen molar-refractivity contribution in [1.82, 2.24) is 0 Å². The predicted octanol–water partition coefficient (Wildman–Crippen LogP) is 4.52. The lowest BCUT2D eigenvalue weighted by Gasteiger charge is -2.33. The molecule has 2 atom stereocenters. The zero-order valence-electron chi connectivity index (χ0n) is 12.9. The fraction of sp³-hybridized carbons (Fsp3) is 0.750.